The van der Waals surface area contributed by atoms with E-state index in [0.29, 0.717) is 6.42 Å². The van der Waals surface area contributed by atoms with Gasteiger partial charge in [-0.05, 0) is 12.3 Å². The van der Waals surface area contributed by atoms with E-state index in [1.165, 1.54) is 0 Å². The first kappa shape index (κ1) is 12.9. The van der Waals surface area contributed by atoms with Gasteiger partial charge in [0.25, 0.3) is 0 Å². The molecule has 0 radical (unpaired) electrons. The average molecular weight is 201 g/mol. The van der Waals surface area contributed by atoms with E-state index >= 15 is 0 Å². The number of amides is 2. The predicted molar refractivity (Wildman–Crippen MR) is 54.2 cm³/mol. The van der Waals surface area contributed by atoms with E-state index in [9.17, 15) is 9.59 Å². The molecule has 0 spiro atoms. The molecule has 0 rings (SSSR count). The first-order chi connectivity index (χ1) is 6.40. The number of primary amides is 1. The smallest absolute Gasteiger partial charge is 0.240 e. The molecule has 82 valence electrons. The van der Waals surface area contributed by atoms with E-state index in [2.05, 4.69) is 5.32 Å². The lowest BCUT2D eigenvalue weighted by molar-refractivity contribution is -0.129. The third-order valence-electron chi connectivity index (χ3n) is 2.05. The summed E-state index contributed by atoms with van der Waals surface area (Å²) >= 11 is 0. The third kappa shape index (κ3) is 3.74. The Bertz CT molecular complexity index is 216. The van der Waals surface area contributed by atoms with Crippen LogP contribution in [0.15, 0.2) is 0 Å². The average Bonchev–Trinajstić information content (AvgIpc) is 2.11. The molecule has 0 bridgehead atoms. The molecular formula is C9H19N3O2. The minimum absolute atomic E-state index is 0.0273. The summed E-state index contributed by atoms with van der Waals surface area (Å²) in [6, 6.07) is -1.21. The molecule has 5 nitrogen and oxygen atoms in total. The summed E-state index contributed by atoms with van der Waals surface area (Å²) in [5, 5.41) is 2.53. The lowest BCUT2D eigenvalue weighted by atomic mass is 10.0. The van der Waals surface area contributed by atoms with Crippen molar-refractivity contribution in [3.05, 3.63) is 0 Å². The molecule has 5 heteroatoms. The maximum absolute atomic E-state index is 11.3. The van der Waals surface area contributed by atoms with Crippen LogP contribution < -0.4 is 16.8 Å². The Morgan fingerprint density at radius 3 is 2.14 bits per heavy atom. The predicted octanol–water partition coefficient (Wildman–Crippen LogP) is -0.650. The van der Waals surface area contributed by atoms with Gasteiger partial charge in [-0.1, -0.05) is 20.8 Å². The minimum atomic E-state index is -0.639. The van der Waals surface area contributed by atoms with Gasteiger partial charge >= 0.3 is 0 Å². The normalized spacial score (nSPS) is 14.9. The first-order valence-corrected chi connectivity index (χ1v) is 4.75. The lowest BCUT2D eigenvalue weighted by Gasteiger charge is -2.20. The zero-order valence-electron chi connectivity index (χ0n) is 8.91. The van der Waals surface area contributed by atoms with E-state index in [1.807, 2.05) is 13.8 Å². The summed E-state index contributed by atoms with van der Waals surface area (Å²) in [7, 11) is 0. The van der Waals surface area contributed by atoms with Gasteiger partial charge in [-0.3, -0.25) is 9.59 Å². The number of carbonyl (C=O) groups is 2. The fourth-order valence-corrected chi connectivity index (χ4v) is 1.01. The number of hydrogen-bond donors (Lipinski definition) is 3. The maximum Gasteiger partial charge on any atom is 0.240 e. The minimum Gasteiger partial charge on any atom is -0.368 e. The van der Waals surface area contributed by atoms with Crippen LogP contribution in [0.1, 0.15) is 27.2 Å². The van der Waals surface area contributed by atoms with Crippen molar-refractivity contribution in [2.75, 3.05) is 0 Å². The highest BCUT2D eigenvalue weighted by Crippen LogP contribution is 2.01. The fraction of sp³-hybridized carbons (Fsp3) is 0.778. The zero-order chi connectivity index (χ0) is 11.3. The van der Waals surface area contributed by atoms with Gasteiger partial charge in [-0.2, -0.15) is 0 Å². The molecule has 2 atom stereocenters. The molecule has 0 unspecified atom stereocenters. The van der Waals surface area contributed by atoms with Crippen LogP contribution in [0.5, 0.6) is 0 Å². The van der Waals surface area contributed by atoms with Crippen LogP contribution in [0.2, 0.25) is 0 Å². The van der Waals surface area contributed by atoms with Gasteiger partial charge in [-0.25, -0.2) is 0 Å². The van der Waals surface area contributed by atoms with E-state index in [4.69, 9.17) is 11.5 Å². The van der Waals surface area contributed by atoms with Crippen LogP contribution in [0.4, 0.5) is 0 Å². The van der Waals surface area contributed by atoms with Crippen molar-refractivity contribution in [1.82, 2.24) is 5.32 Å². The maximum atomic E-state index is 11.3. The van der Waals surface area contributed by atoms with Crippen molar-refractivity contribution >= 4 is 11.8 Å². The van der Waals surface area contributed by atoms with Crippen molar-refractivity contribution < 1.29 is 9.59 Å². The van der Waals surface area contributed by atoms with Crippen LogP contribution in [0.3, 0.4) is 0 Å². The Morgan fingerprint density at radius 1 is 1.36 bits per heavy atom. The fourth-order valence-electron chi connectivity index (χ4n) is 1.01. The molecule has 2 amide bonds. The van der Waals surface area contributed by atoms with E-state index in [0.717, 1.165) is 0 Å². The van der Waals surface area contributed by atoms with E-state index in [-0.39, 0.29) is 11.8 Å². The SMILES string of the molecule is CC[C@@H](N)C(=O)N[C@@H](C(N)=O)C(C)C. The Kier molecular flexibility index (Phi) is 5.15. The molecule has 0 saturated carbocycles. The molecule has 0 fully saturated rings. The summed E-state index contributed by atoms with van der Waals surface area (Å²) in [6.07, 6.45) is 0.537. The number of nitrogens with two attached hydrogens (primary N) is 2. The monoisotopic (exact) mass is 201 g/mol. The largest absolute Gasteiger partial charge is 0.368 e. The van der Waals surface area contributed by atoms with Crippen LogP contribution in [0.25, 0.3) is 0 Å². The molecule has 0 aromatic heterocycles. The van der Waals surface area contributed by atoms with Crippen LogP contribution in [-0.4, -0.2) is 23.9 Å². The molecule has 0 aliphatic rings. The highest BCUT2D eigenvalue weighted by atomic mass is 16.2. The highest BCUT2D eigenvalue weighted by molar-refractivity contribution is 5.88. The van der Waals surface area contributed by atoms with Crippen LogP contribution in [-0.2, 0) is 9.59 Å². The summed E-state index contributed by atoms with van der Waals surface area (Å²) in [6.45, 7) is 5.43. The molecule has 5 N–H and O–H groups in total. The summed E-state index contributed by atoms with van der Waals surface area (Å²) in [5.41, 5.74) is 10.6. The molecule has 0 heterocycles. The molecular weight excluding hydrogens is 182 g/mol. The molecule has 14 heavy (non-hydrogen) atoms. The van der Waals surface area contributed by atoms with Crippen molar-refractivity contribution in [1.29, 1.82) is 0 Å². The van der Waals surface area contributed by atoms with Gasteiger partial charge < -0.3 is 16.8 Å². The quantitative estimate of drug-likeness (QED) is 0.551. The highest BCUT2D eigenvalue weighted by Gasteiger charge is 2.23. The van der Waals surface area contributed by atoms with Gasteiger partial charge in [0.15, 0.2) is 0 Å². The second-order valence-corrected chi connectivity index (χ2v) is 3.65. The molecule has 0 aromatic rings. The van der Waals surface area contributed by atoms with Crippen LogP contribution >= 0.6 is 0 Å². The van der Waals surface area contributed by atoms with E-state index < -0.39 is 18.0 Å². The summed E-state index contributed by atoms with van der Waals surface area (Å²) in [5.74, 6) is -0.887. The Balaban J connectivity index is 4.31. The first-order valence-electron chi connectivity index (χ1n) is 4.75. The van der Waals surface area contributed by atoms with Gasteiger partial charge in [0, 0.05) is 0 Å². The molecule has 0 aliphatic heterocycles. The summed E-state index contributed by atoms with van der Waals surface area (Å²) < 4.78 is 0. The zero-order valence-corrected chi connectivity index (χ0v) is 8.91. The topological polar surface area (TPSA) is 98.2 Å². The van der Waals surface area contributed by atoms with Crippen LogP contribution in [0, 0.1) is 5.92 Å². The Hall–Kier alpha value is -1.10. The number of carbonyl (C=O) groups excluding carboxylic acids is 2. The third-order valence-corrected chi connectivity index (χ3v) is 2.05. The Morgan fingerprint density at radius 2 is 1.86 bits per heavy atom. The number of hydrogen-bond acceptors (Lipinski definition) is 3. The van der Waals surface area contributed by atoms with E-state index in [1.54, 1.807) is 6.92 Å². The number of nitrogens with one attached hydrogen (secondary N) is 1. The van der Waals surface area contributed by atoms with Crippen molar-refractivity contribution in [2.45, 2.75) is 39.3 Å². The molecule has 0 aromatic carbocycles. The van der Waals surface area contributed by atoms with Gasteiger partial charge in [0.05, 0.1) is 6.04 Å². The standard InChI is InChI=1S/C9H19N3O2/c1-4-6(10)9(14)12-7(5(2)3)8(11)13/h5-7H,4,10H2,1-3H3,(H2,11,13)(H,12,14)/t6-,7-/m1/s1. The lowest BCUT2D eigenvalue weighted by Crippen LogP contribution is -2.52. The van der Waals surface area contributed by atoms with Gasteiger partial charge in [-0.15, -0.1) is 0 Å². The summed E-state index contributed by atoms with van der Waals surface area (Å²) in [4.78, 5) is 22.3. The number of rotatable bonds is 5. The van der Waals surface area contributed by atoms with Crippen molar-refractivity contribution in [3.63, 3.8) is 0 Å². The van der Waals surface area contributed by atoms with Gasteiger partial charge in [0.1, 0.15) is 6.04 Å². The Labute approximate surface area is 84.2 Å². The van der Waals surface area contributed by atoms with Crippen molar-refractivity contribution in [2.24, 2.45) is 17.4 Å². The van der Waals surface area contributed by atoms with Gasteiger partial charge in [0.2, 0.25) is 11.8 Å². The second-order valence-electron chi connectivity index (χ2n) is 3.65. The molecule has 0 aliphatic carbocycles. The van der Waals surface area contributed by atoms with Crippen molar-refractivity contribution in [3.8, 4) is 0 Å². The molecule has 0 saturated heterocycles. The second kappa shape index (κ2) is 5.59.